The van der Waals surface area contributed by atoms with E-state index >= 15 is 0 Å². The van der Waals surface area contributed by atoms with E-state index in [0.29, 0.717) is 5.82 Å². The molecule has 0 fully saturated rings. The molecular formula is C12H10IN5. The summed E-state index contributed by atoms with van der Waals surface area (Å²) in [6.07, 6.45) is 3.55. The Balaban J connectivity index is 2.30. The van der Waals surface area contributed by atoms with Crippen LogP contribution in [0.4, 0.5) is 5.82 Å². The minimum absolute atomic E-state index is 0.498. The van der Waals surface area contributed by atoms with Crippen LogP contribution in [0.15, 0.2) is 30.6 Å². The van der Waals surface area contributed by atoms with Crippen LogP contribution >= 0.6 is 22.9 Å². The normalized spacial score (nSPS) is 11.0. The highest BCUT2D eigenvalue weighted by atomic mass is 127. The fourth-order valence-corrected chi connectivity index (χ4v) is 2.51. The van der Waals surface area contributed by atoms with Crippen LogP contribution in [0.1, 0.15) is 5.69 Å². The van der Waals surface area contributed by atoms with E-state index in [9.17, 15) is 0 Å². The molecule has 0 unspecified atom stereocenters. The molecule has 0 saturated carbocycles. The Morgan fingerprint density at radius 1 is 1.28 bits per heavy atom. The van der Waals surface area contributed by atoms with Gasteiger partial charge in [-0.1, -0.05) is 0 Å². The summed E-state index contributed by atoms with van der Waals surface area (Å²) in [6, 6.07) is 5.78. The van der Waals surface area contributed by atoms with Crippen LogP contribution in [0.3, 0.4) is 0 Å². The van der Waals surface area contributed by atoms with Gasteiger partial charge >= 0.3 is 0 Å². The number of aryl methyl sites for hydroxylation is 1. The van der Waals surface area contributed by atoms with Crippen LogP contribution in [-0.4, -0.2) is 18.0 Å². The molecule has 90 valence electrons. The molecule has 0 radical (unpaired) electrons. The van der Waals surface area contributed by atoms with Crippen molar-refractivity contribution in [2.24, 2.45) is 0 Å². The van der Waals surface area contributed by atoms with Gasteiger partial charge in [0.1, 0.15) is 11.5 Å². The summed E-state index contributed by atoms with van der Waals surface area (Å²) in [7, 11) is 0. The number of pyridine rings is 2. The lowest BCUT2D eigenvalue weighted by molar-refractivity contribution is 1.09. The molecule has 5 nitrogen and oxygen atoms in total. The van der Waals surface area contributed by atoms with E-state index in [1.807, 2.05) is 25.1 Å². The van der Waals surface area contributed by atoms with Gasteiger partial charge < -0.3 is 5.73 Å². The van der Waals surface area contributed by atoms with Gasteiger partial charge in [-0.25, -0.2) is 7.88 Å². The molecule has 0 saturated heterocycles. The van der Waals surface area contributed by atoms with Crippen LogP contribution < -0.4 is 5.73 Å². The number of hydrogen-bond acceptors (Lipinski definition) is 4. The molecule has 0 aliphatic rings. The molecule has 3 aromatic heterocycles. The van der Waals surface area contributed by atoms with Crippen molar-refractivity contribution in [2.45, 2.75) is 6.92 Å². The van der Waals surface area contributed by atoms with Gasteiger partial charge in [-0.2, -0.15) is 5.10 Å². The van der Waals surface area contributed by atoms with Crippen molar-refractivity contribution >= 4 is 39.6 Å². The van der Waals surface area contributed by atoms with Crippen molar-refractivity contribution < 1.29 is 0 Å². The zero-order chi connectivity index (χ0) is 12.7. The SMILES string of the molecule is Cc1cc(-c2nn(I)c3cc(N)ncc23)ccn1. The molecule has 0 aliphatic heterocycles. The third-order valence-electron chi connectivity index (χ3n) is 2.72. The van der Waals surface area contributed by atoms with Crippen LogP contribution in [0.5, 0.6) is 0 Å². The van der Waals surface area contributed by atoms with E-state index in [1.165, 1.54) is 0 Å². The summed E-state index contributed by atoms with van der Waals surface area (Å²) < 4.78 is 1.79. The summed E-state index contributed by atoms with van der Waals surface area (Å²) >= 11 is 2.14. The van der Waals surface area contributed by atoms with Crippen molar-refractivity contribution in [3.63, 3.8) is 0 Å². The van der Waals surface area contributed by atoms with Gasteiger partial charge in [0.25, 0.3) is 0 Å². The highest BCUT2D eigenvalue weighted by Gasteiger charge is 2.12. The number of halogens is 1. The molecule has 18 heavy (non-hydrogen) atoms. The predicted octanol–water partition coefficient (Wildman–Crippen LogP) is 2.58. The minimum Gasteiger partial charge on any atom is -0.384 e. The van der Waals surface area contributed by atoms with E-state index in [0.717, 1.165) is 27.9 Å². The fraction of sp³-hybridized carbons (Fsp3) is 0.0833. The molecule has 0 bridgehead atoms. The smallest absolute Gasteiger partial charge is 0.125 e. The fourth-order valence-electron chi connectivity index (χ4n) is 1.90. The highest BCUT2D eigenvalue weighted by molar-refractivity contribution is 14.1. The van der Waals surface area contributed by atoms with Gasteiger partial charge in [0.2, 0.25) is 0 Å². The molecule has 3 heterocycles. The number of aromatic nitrogens is 4. The maximum Gasteiger partial charge on any atom is 0.125 e. The summed E-state index contributed by atoms with van der Waals surface area (Å²) in [5.74, 6) is 0.498. The molecule has 0 amide bonds. The number of anilines is 1. The summed E-state index contributed by atoms with van der Waals surface area (Å²) in [6.45, 7) is 1.96. The number of nitrogens with zero attached hydrogens (tertiary/aromatic N) is 4. The average molecular weight is 351 g/mol. The first-order valence-electron chi connectivity index (χ1n) is 5.38. The van der Waals surface area contributed by atoms with Crippen molar-refractivity contribution in [2.75, 3.05) is 5.73 Å². The largest absolute Gasteiger partial charge is 0.384 e. The third-order valence-corrected chi connectivity index (χ3v) is 3.45. The molecule has 0 aromatic carbocycles. The van der Waals surface area contributed by atoms with Crippen molar-refractivity contribution in [1.29, 1.82) is 0 Å². The van der Waals surface area contributed by atoms with E-state index in [4.69, 9.17) is 5.73 Å². The first kappa shape index (κ1) is 11.4. The second kappa shape index (κ2) is 4.20. The number of nitrogens with two attached hydrogens (primary N) is 1. The monoisotopic (exact) mass is 351 g/mol. The van der Waals surface area contributed by atoms with Crippen molar-refractivity contribution in [1.82, 2.24) is 18.0 Å². The van der Waals surface area contributed by atoms with Gasteiger partial charge in [0.15, 0.2) is 0 Å². The Bertz CT molecular complexity index is 734. The third kappa shape index (κ3) is 1.82. The molecule has 3 aromatic rings. The van der Waals surface area contributed by atoms with Gasteiger partial charge in [-0.05, 0) is 19.1 Å². The second-order valence-electron chi connectivity index (χ2n) is 4.02. The van der Waals surface area contributed by atoms with Crippen molar-refractivity contribution in [3.05, 3.63) is 36.3 Å². The molecule has 3 rings (SSSR count). The van der Waals surface area contributed by atoms with E-state index in [2.05, 4.69) is 37.9 Å². The number of fused-ring (bicyclic) bond motifs is 1. The topological polar surface area (TPSA) is 69.6 Å². The number of nitrogen functional groups attached to an aromatic ring is 1. The highest BCUT2D eigenvalue weighted by Crippen LogP contribution is 2.29. The summed E-state index contributed by atoms with van der Waals surface area (Å²) in [5, 5.41) is 5.51. The van der Waals surface area contributed by atoms with Gasteiger partial charge in [-0.15, -0.1) is 0 Å². The molecule has 0 atom stereocenters. The Morgan fingerprint density at radius 2 is 2.11 bits per heavy atom. The Hall–Kier alpha value is -1.70. The van der Waals surface area contributed by atoms with E-state index in [1.54, 1.807) is 15.3 Å². The Kier molecular flexibility index (Phi) is 2.66. The maximum atomic E-state index is 5.70. The zero-order valence-electron chi connectivity index (χ0n) is 9.63. The number of hydrogen-bond donors (Lipinski definition) is 1. The molecule has 2 N–H and O–H groups in total. The van der Waals surface area contributed by atoms with Gasteiger partial charge in [0.05, 0.1) is 28.4 Å². The lowest BCUT2D eigenvalue weighted by Gasteiger charge is -1.98. The van der Waals surface area contributed by atoms with E-state index in [-0.39, 0.29) is 0 Å². The van der Waals surface area contributed by atoms with Crippen LogP contribution in [0.2, 0.25) is 0 Å². The van der Waals surface area contributed by atoms with Gasteiger partial charge in [0, 0.05) is 35.1 Å². The summed E-state index contributed by atoms with van der Waals surface area (Å²) in [4.78, 5) is 8.33. The average Bonchev–Trinajstić information content (AvgIpc) is 2.67. The van der Waals surface area contributed by atoms with E-state index < -0.39 is 0 Å². The quantitative estimate of drug-likeness (QED) is 0.685. The first-order valence-corrected chi connectivity index (χ1v) is 6.35. The lowest BCUT2D eigenvalue weighted by atomic mass is 10.1. The Labute approximate surface area is 118 Å². The van der Waals surface area contributed by atoms with Crippen LogP contribution in [0.25, 0.3) is 22.2 Å². The lowest BCUT2D eigenvalue weighted by Crippen LogP contribution is -1.89. The predicted molar refractivity (Wildman–Crippen MR) is 79.3 cm³/mol. The summed E-state index contributed by atoms with van der Waals surface area (Å²) in [5.41, 5.74) is 9.57. The van der Waals surface area contributed by atoms with Crippen LogP contribution in [-0.2, 0) is 0 Å². The van der Waals surface area contributed by atoms with Crippen molar-refractivity contribution in [3.8, 4) is 11.3 Å². The van der Waals surface area contributed by atoms with Crippen LogP contribution in [0, 0.1) is 6.92 Å². The molecular weight excluding hydrogens is 341 g/mol. The standard InChI is InChI=1S/C12H10IN5/c1-7-4-8(2-3-15-7)12-9-6-16-11(14)5-10(9)18(13)17-12/h2-6H,1H3,(H2,14,16). The van der Waals surface area contributed by atoms with Gasteiger partial charge in [-0.3, -0.25) is 4.98 Å². The molecule has 0 spiro atoms. The maximum absolute atomic E-state index is 5.70. The Morgan fingerprint density at radius 3 is 2.89 bits per heavy atom. The number of rotatable bonds is 1. The second-order valence-corrected chi connectivity index (χ2v) is 4.93. The molecule has 6 heteroatoms. The molecule has 0 aliphatic carbocycles. The first-order chi connectivity index (χ1) is 8.65. The minimum atomic E-state index is 0.498. The zero-order valence-corrected chi connectivity index (χ0v) is 11.8.